The normalized spacial score (nSPS) is 22.8. The summed E-state index contributed by atoms with van der Waals surface area (Å²) in [5, 5.41) is 3.23. The molecule has 4 rings (SSSR count). The first kappa shape index (κ1) is 16.8. The van der Waals surface area contributed by atoms with Gasteiger partial charge in [0.05, 0.1) is 6.54 Å². The van der Waals surface area contributed by atoms with E-state index < -0.39 is 0 Å². The molecular weight excluding hydrogens is 330 g/mol. The fourth-order valence-corrected chi connectivity index (χ4v) is 3.63. The van der Waals surface area contributed by atoms with Crippen LogP contribution in [0.5, 0.6) is 0 Å². The molecule has 2 saturated heterocycles. The Balaban J connectivity index is 1.30. The summed E-state index contributed by atoms with van der Waals surface area (Å²) in [7, 11) is 1.79. The molecule has 1 aromatic carbocycles. The number of aromatic nitrogens is 2. The van der Waals surface area contributed by atoms with Gasteiger partial charge in [-0.1, -0.05) is 30.3 Å². The molecule has 0 saturated carbocycles. The van der Waals surface area contributed by atoms with Crippen molar-refractivity contribution in [1.29, 1.82) is 0 Å². The van der Waals surface area contributed by atoms with E-state index in [0.717, 1.165) is 31.6 Å². The topological polar surface area (TPSA) is 70.6 Å². The van der Waals surface area contributed by atoms with Crippen molar-refractivity contribution in [3.8, 4) is 0 Å². The molecule has 7 heteroatoms. The molecule has 0 aliphatic carbocycles. The highest BCUT2D eigenvalue weighted by Gasteiger charge is 2.48. The standard InChI is InChI=1S/C19H23N5O2/c1-23-13-19(26-18(23)25)7-8-24(14-19)12-16-10-21-17(22-11-16)20-9-15-5-3-2-4-6-15/h2-6,10-11H,7-9,12-14H2,1H3,(H,20,21,22)/t19-/m1/s1. The number of hydrogen-bond donors (Lipinski definition) is 1. The molecule has 7 nitrogen and oxygen atoms in total. The van der Waals surface area contributed by atoms with Gasteiger partial charge in [0.15, 0.2) is 0 Å². The molecule has 26 heavy (non-hydrogen) atoms. The summed E-state index contributed by atoms with van der Waals surface area (Å²) >= 11 is 0. The summed E-state index contributed by atoms with van der Waals surface area (Å²) in [6.07, 6.45) is 4.38. The van der Waals surface area contributed by atoms with Gasteiger partial charge in [-0.15, -0.1) is 0 Å². The van der Waals surface area contributed by atoms with Crippen LogP contribution in [0, 0.1) is 0 Å². The van der Waals surface area contributed by atoms with Crippen LogP contribution in [0.1, 0.15) is 17.5 Å². The fraction of sp³-hybridized carbons (Fsp3) is 0.421. The maximum atomic E-state index is 11.7. The van der Waals surface area contributed by atoms with E-state index in [1.165, 1.54) is 5.56 Å². The number of carbonyl (C=O) groups excluding carboxylic acids is 1. The molecule has 2 aliphatic heterocycles. The Hall–Kier alpha value is -2.67. The van der Waals surface area contributed by atoms with Crippen LogP contribution in [-0.2, 0) is 17.8 Å². The first-order valence-corrected chi connectivity index (χ1v) is 8.87. The van der Waals surface area contributed by atoms with E-state index in [1.54, 1.807) is 11.9 Å². The lowest BCUT2D eigenvalue weighted by molar-refractivity contribution is 0.0627. The number of nitrogens with zero attached hydrogens (tertiary/aromatic N) is 4. The van der Waals surface area contributed by atoms with Crippen LogP contribution in [0.3, 0.4) is 0 Å². The molecule has 0 radical (unpaired) electrons. The minimum absolute atomic E-state index is 0.218. The van der Waals surface area contributed by atoms with Gasteiger partial charge in [0.2, 0.25) is 5.95 Å². The lowest BCUT2D eigenvalue weighted by Gasteiger charge is -2.21. The van der Waals surface area contributed by atoms with Gasteiger partial charge in [0, 0.05) is 57.6 Å². The van der Waals surface area contributed by atoms with Gasteiger partial charge < -0.3 is 15.0 Å². The number of ether oxygens (including phenoxy) is 1. The van der Waals surface area contributed by atoms with Gasteiger partial charge in [-0.3, -0.25) is 4.90 Å². The van der Waals surface area contributed by atoms with Gasteiger partial charge in [0.1, 0.15) is 5.60 Å². The number of benzene rings is 1. The number of nitrogens with one attached hydrogen (secondary N) is 1. The summed E-state index contributed by atoms with van der Waals surface area (Å²) in [5.74, 6) is 0.627. The monoisotopic (exact) mass is 353 g/mol. The largest absolute Gasteiger partial charge is 0.439 e. The van der Waals surface area contributed by atoms with Gasteiger partial charge in [-0.2, -0.15) is 0 Å². The van der Waals surface area contributed by atoms with Crippen LogP contribution < -0.4 is 5.32 Å². The average Bonchev–Trinajstić information content (AvgIpc) is 3.16. The number of likely N-dealkylation sites (N-methyl/N-ethyl adjacent to an activating group) is 1. The Morgan fingerprint density at radius 3 is 2.62 bits per heavy atom. The highest BCUT2D eigenvalue weighted by Crippen LogP contribution is 2.32. The van der Waals surface area contributed by atoms with Crippen molar-refractivity contribution in [1.82, 2.24) is 19.8 Å². The molecular formula is C19H23N5O2. The molecule has 1 spiro atoms. The number of carbonyl (C=O) groups is 1. The molecule has 3 heterocycles. The zero-order valence-corrected chi connectivity index (χ0v) is 14.9. The number of rotatable bonds is 5. The minimum atomic E-state index is -0.343. The zero-order chi connectivity index (χ0) is 18.0. The quantitative estimate of drug-likeness (QED) is 0.888. The third kappa shape index (κ3) is 3.62. The molecule has 136 valence electrons. The minimum Gasteiger partial charge on any atom is -0.439 e. The summed E-state index contributed by atoms with van der Waals surface area (Å²) < 4.78 is 5.59. The molecule has 1 amide bonds. The van der Waals surface area contributed by atoms with Gasteiger partial charge >= 0.3 is 6.09 Å². The van der Waals surface area contributed by atoms with Crippen LogP contribution in [0.15, 0.2) is 42.7 Å². The van der Waals surface area contributed by atoms with E-state index >= 15 is 0 Å². The van der Waals surface area contributed by atoms with E-state index in [0.29, 0.717) is 19.0 Å². The molecule has 1 aromatic heterocycles. The molecule has 2 aromatic rings. The number of amides is 1. The summed E-state index contributed by atoms with van der Waals surface area (Å²) in [4.78, 5) is 24.4. The Morgan fingerprint density at radius 1 is 1.15 bits per heavy atom. The molecule has 2 fully saturated rings. The number of anilines is 1. The van der Waals surface area contributed by atoms with Gasteiger partial charge in [-0.05, 0) is 5.56 Å². The smallest absolute Gasteiger partial charge is 0.410 e. The van der Waals surface area contributed by atoms with E-state index in [1.807, 2.05) is 30.6 Å². The van der Waals surface area contributed by atoms with Crippen LogP contribution in [0.4, 0.5) is 10.7 Å². The summed E-state index contributed by atoms with van der Waals surface area (Å²) in [5.41, 5.74) is 1.91. The van der Waals surface area contributed by atoms with Crippen molar-refractivity contribution in [3.63, 3.8) is 0 Å². The van der Waals surface area contributed by atoms with Crippen molar-refractivity contribution >= 4 is 12.0 Å². The molecule has 0 bridgehead atoms. The van der Waals surface area contributed by atoms with E-state index in [4.69, 9.17) is 4.74 Å². The van der Waals surface area contributed by atoms with Crippen molar-refractivity contribution in [2.75, 3.05) is 32.0 Å². The Morgan fingerprint density at radius 2 is 1.92 bits per heavy atom. The van der Waals surface area contributed by atoms with Crippen LogP contribution >= 0.6 is 0 Å². The number of likely N-dealkylation sites (tertiary alicyclic amines) is 1. The van der Waals surface area contributed by atoms with Gasteiger partial charge in [-0.25, -0.2) is 14.8 Å². The Bertz CT molecular complexity index is 767. The maximum absolute atomic E-state index is 11.7. The highest BCUT2D eigenvalue weighted by molar-refractivity contribution is 5.70. The summed E-state index contributed by atoms with van der Waals surface area (Å²) in [6.45, 7) is 3.81. The molecule has 2 aliphatic rings. The SMILES string of the molecule is CN1C[C@@]2(CCN(Cc3cnc(NCc4ccccc4)nc3)C2)OC1=O. The second-order valence-corrected chi connectivity index (χ2v) is 7.12. The third-order valence-corrected chi connectivity index (χ3v) is 4.94. The van der Waals surface area contributed by atoms with E-state index in [-0.39, 0.29) is 11.7 Å². The molecule has 0 unspecified atom stereocenters. The zero-order valence-electron chi connectivity index (χ0n) is 14.9. The second-order valence-electron chi connectivity index (χ2n) is 7.12. The molecule has 1 atom stereocenters. The van der Waals surface area contributed by atoms with Crippen LogP contribution in [-0.4, -0.2) is 58.1 Å². The Labute approximate surface area is 153 Å². The van der Waals surface area contributed by atoms with Crippen LogP contribution in [0.2, 0.25) is 0 Å². The lowest BCUT2D eigenvalue weighted by Crippen LogP contribution is -2.37. The van der Waals surface area contributed by atoms with Crippen molar-refractivity contribution < 1.29 is 9.53 Å². The second kappa shape index (κ2) is 6.92. The fourth-order valence-electron chi connectivity index (χ4n) is 3.63. The first-order chi connectivity index (χ1) is 12.6. The highest BCUT2D eigenvalue weighted by atomic mass is 16.6. The number of hydrogen-bond acceptors (Lipinski definition) is 6. The first-order valence-electron chi connectivity index (χ1n) is 8.87. The van der Waals surface area contributed by atoms with Crippen molar-refractivity contribution in [3.05, 3.63) is 53.9 Å². The predicted molar refractivity (Wildman–Crippen MR) is 97.5 cm³/mol. The summed E-state index contributed by atoms with van der Waals surface area (Å²) in [6, 6.07) is 10.2. The lowest BCUT2D eigenvalue weighted by atomic mass is 10.0. The third-order valence-electron chi connectivity index (χ3n) is 4.94. The van der Waals surface area contributed by atoms with Crippen molar-refractivity contribution in [2.24, 2.45) is 0 Å². The average molecular weight is 353 g/mol. The Kier molecular flexibility index (Phi) is 4.46. The van der Waals surface area contributed by atoms with Crippen LogP contribution in [0.25, 0.3) is 0 Å². The van der Waals surface area contributed by atoms with Gasteiger partial charge in [0.25, 0.3) is 0 Å². The molecule has 1 N–H and O–H groups in total. The maximum Gasteiger partial charge on any atom is 0.410 e. The van der Waals surface area contributed by atoms with Crippen molar-refractivity contribution in [2.45, 2.75) is 25.1 Å². The van der Waals surface area contributed by atoms with E-state index in [2.05, 4.69) is 32.3 Å². The van der Waals surface area contributed by atoms with E-state index in [9.17, 15) is 4.79 Å². The predicted octanol–water partition coefficient (Wildman–Crippen LogP) is 2.12.